The molecule has 0 saturated carbocycles. The molecule has 82 valence electrons. The van der Waals surface area contributed by atoms with Crippen LogP contribution < -0.4 is 0 Å². The van der Waals surface area contributed by atoms with Gasteiger partial charge in [-0.3, -0.25) is 9.78 Å². The number of carbonyl (C=O) groups is 1. The van der Waals surface area contributed by atoms with Crippen LogP contribution in [-0.4, -0.2) is 10.8 Å². The van der Waals surface area contributed by atoms with Crippen LogP contribution in [0.5, 0.6) is 0 Å². The normalized spacial score (nSPS) is 10.4. The average molecular weight is 296 g/mol. The molecule has 0 fully saturated rings. The number of halogens is 1. The number of Topliss-reactive ketones (excluding diaryl/α,β-unsaturated/α-hetero) is 1. The molecule has 0 bridgehead atoms. The molecule has 2 rings (SSSR count). The number of thiophene rings is 1. The second-order valence-electron chi connectivity index (χ2n) is 3.47. The number of hydrogen-bond donors (Lipinski definition) is 0. The first-order chi connectivity index (χ1) is 7.65. The van der Waals surface area contributed by atoms with Crippen molar-refractivity contribution in [2.75, 3.05) is 0 Å². The zero-order valence-electron chi connectivity index (χ0n) is 8.74. The van der Waals surface area contributed by atoms with Gasteiger partial charge in [0.05, 0.1) is 3.79 Å². The lowest BCUT2D eigenvalue weighted by Crippen LogP contribution is -2.05. The third-order valence-corrected chi connectivity index (χ3v) is 3.76. The van der Waals surface area contributed by atoms with Crippen LogP contribution in [0.4, 0.5) is 0 Å². The maximum absolute atomic E-state index is 11.9. The second-order valence-corrected chi connectivity index (χ2v) is 6.02. The lowest BCUT2D eigenvalue weighted by Gasteiger charge is -1.99. The van der Waals surface area contributed by atoms with Gasteiger partial charge in [0, 0.05) is 17.0 Å². The average Bonchev–Trinajstić information content (AvgIpc) is 2.64. The minimum Gasteiger partial charge on any atom is -0.292 e. The smallest absolute Gasteiger partial charge is 0.186 e. The molecule has 2 aromatic heterocycles. The summed E-state index contributed by atoms with van der Waals surface area (Å²) in [5.41, 5.74) is 1.42. The monoisotopic (exact) mass is 295 g/mol. The molecule has 0 spiro atoms. The molecular formula is C12H10BrNOS. The number of nitrogens with zero attached hydrogens (tertiary/aromatic N) is 1. The van der Waals surface area contributed by atoms with Gasteiger partial charge in [-0.2, -0.15) is 0 Å². The van der Waals surface area contributed by atoms with Gasteiger partial charge in [-0.05, 0) is 47.1 Å². The summed E-state index contributed by atoms with van der Waals surface area (Å²) in [7, 11) is 0. The van der Waals surface area contributed by atoms with E-state index in [1.807, 2.05) is 31.2 Å². The number of aromatic nitrogens is 1. The van der Waals surface area contributed by atoms with Crippen LogP contribution in [0.2, 0.25) is 0 Å². The van der Waals surface area contributed by atoms with Crippen LogP contribution in [-0.2, 0) is 6.42 Å². The van der Waals surface area contributed by atoms with Crippen LogP contribution in [0, 0.1) is 6.92 Å². The van der Waals surface area contributed by atoms with E-state index in [0.29, 0.717) is 12.1 Å². The van der Waals surface area contributed by atoms with E-state index in [1.54, 1.807) is 17.4 Å². The highest BCUT2D eigenvalue weighted by Crippen LogP contribution is 2.23. The van der Waals surface area contributed by atoms with E-state index < -0.39 is 0 Å². The van der Waals surface area contributed by atoms with Gasteiger partial charge in [0.15, 0.2) is 5.78 Å². The molecule has 0 aliphatic rings. The van der Waals surface area contributed by atoms with E-state index in [4.69, 9.17) is 0 Å². The topological polar surface area (TPSA) is 30.0 Å². The van der Waals surface area contributed by atoms with Crippen molar-refractivity contribution in [3.63, 3.8) is 0 Å². The van der Waals surface area contributed by atoms with Crippen molar-refractivity contribution in [1.29, 1.82) is 0 Å². The number of carbonyl (C=O) groups excluding carboxylic acids is 1. The Morgan fingerprint density at radius 2 is 2.19 bits per heavy atom. The molecular weight excluding hydrogens is 286 g/mol. The van der Waals surface area contributed by atoms with Gasteiger partial charge in [-0.15, -0.1) is 11.3 Å². The van der Waals surface area contributed by atoms with Crippen molar-refractivity contribution in [2.45, 2.75) is 13.3 Å². The van der Waals surface area contributed by atoms with E-state index in [-0.39, 0.29) is 5.78 Å². The van der Waals surface area contributed by atoms with Gasteiger partial charge >= 0.3 is 0 Å². The van der Waals surface area contributed by atoms with Gasteiger partial charge in [-0.25, -0.2) is 0 Å². The molecule has 4 heteroatoms. The quantitative estimate of drug-likeness (QED) is 0.809. The largest absolute Gasteiger partial charge is 0.292 e. The zero-order chi connectivity index (χ0) is 11.5. The van der Waals surface area contributed by atoms with Crippen molar-refractivity contribution in [1.82, 2.24) is 4.98 Å². The Hall–Kier alpha value is -1.000. The van der Waals surface area contributed by atoms with Crippen LogP contribution in [0.15, 0.2) is 34.1 Å². The molecule has 0 saturated heterocycles. The summed E-state index contributed by atoms with van der Waals surface area (Å²) in [6.45, 7) is 1.89. The van der Waals surface area contributed by atoms with Gasteiger partial charge in [0.25, 0.3) is 0 Å². The van der Waals surface area contributed by atoms with Gasteiger partial charge in [0.1, 0.15) is 5.69 Å². The predicted octanol–water partition coefficient (Wildman–Crippen LogP) is 3.64. The first-order valence-corrected chi connectivity index (χ1v) is 6.47. The van der Waals surface area contributed by atoms with Gasteiger partial charge < -0.3 is 0 Å². The molecule has 0 radical (unpaired) electrons. The lowest BCUT2D eigenvalue weighted by molar-refractivity contribution is 0.0989. The van der Waals surface area contributed by atoms with Crippen LogP contribution >= 0.6 is 27.3 Å². The summed E-state index contributed by atoms with van der Waals surface area (Å²) >= 11 is 4.96. The summed E-state index contributed by atoms with van der Waals surface area (Å²) in [6.07, 6.45) is 0.423. The molecule has 0 aliphatic heterocycles. The number of aryl methyl sites for hydroxylation is 1. The van der Waals surface area contributed by atoms with Crippen molar-refractivity contribution in [3.05, 3.63) is 50.4 Å². The first kappa shape index (κ1) is 11.5. The fourth-order valence-electron chi connectivity index (χ4n) is 1.39. The minimum atomic E-state index is 0.0676. The van der Waals surface area contributed by atoms with Crippen LogP contribution in [0.25, 0.3) is 0 Å². The SMILES string of the molecule is Cc1cccc(C(=O)Cc2ccc(Br)s2)n1. The fraction of sp³-hybridized carbons (Fsp3) is 0.167. The van der Waals surface area contributed by atoms with E-state index in [0.717, 1.165) is 14.4 Å². The fourth-order valence-corrected chi connectivity index (χ4v) is 2.88. The Bertz CT molecular complexity index is 521. The summed E-state index contributed by atoms with van der Waals surface area (Å²) in [6, 6.07) is 9.43. The van der Waals surface area contributed by atoms with Crippen molar-refractivity contribution in [3.8, 4) is 0 Å². The van der Waals surface area contributed by atoms with Gasteiger partial charge in [-0.1, -0.05) is 6.07 Å². The van der Waals surface area contributed by atoms with E-state index in [9.17, 15) is 4.79 Å². The standard InChI is InChI=1S/C12H10BrNOS/c1-8-3-2-4-10(14-8)11(15)7-9-5-6-12(13)16-9/h2-6H,7H2,1H3. The molecule has 16 heavy (non-hydrogen) atoms. The summed E-state index contributed by atoms with van der Waals surface area (Å²) in [5, 5.41) is 0. The molecule has 2 nitrogen and oxygen atoms in total. The number of pyridine rings is 1. The summed E-state index contributed by atoms with van der Waals surface area (Å²) in [4.78, 5) is 17.2. The van der Waals surface area contributed by atoms with Gasteiger partial charge in [0.2, 0.25) is 0 Å². The molecule has 2 aromatic rings. The highest BCUT2D eigenvalue weighted by Gasteiger charge is 2.09. The van der Waals surface area contributed by atoms with E-state index >= 15 is 0 Å². The predicted molar refractivity (Wildman–Crippen MR) is 69.0 cm³/mol. The molecule has 0 N–H and O–H groups in total. The Kier molecular flexibility index (Phi) is 3.51. The first-order valence-electron chi connectivity index (χ1n) is 4.86. The van der Waals surface area contributed by atoms with Crippen molar-refractivity contribution >= 4 is 33.0 Å². The Balaban J connectivity index is 2.14. The third-order valence-electron chi connectivity index (χ3n) is 2.14. The Labute approximate surface area is 106 Å². The maximum atomic E-state index is 11.9. The van der Waals surface area contributed by atoms with E-state index in [2.05, 4.69) is 20.9 Å². The maximum Gasteiger partial charge on any atom is 0.186 e. The number of hydrogen-bond acceptors (Lipinski definition) is 3. The lowest BCUT2D eigenvalue weighted by atomic mass is 10.1. The van der Waals surface area contributed by atoms with Crippen LogP contribution in [0.1, 0.15) is 21.1 Å². The van der Waals surface area contributed by atoms with Crippen molar-refractivity contribution in [2.24, 2.45) is 0 Å². The Morgan fingerprint density at radius 3 is 2.81 bits per heavy atom. The summed E-state index contributed by atoms with van der Waals surface area (Å²) < 4.78 is 1.05. The van der Waals surface area contributed by atoms with E-state index in [1.165, 1.54) is 0 Å². The molecule has 0 aromatic carbocycles. The highest BCUT2D eigenvalue weighted by molar-refractivity contribution is 9.11. The molecule has 0 amide bonds. The zero-order valence-corrected chi connectivity index (χ0v) is 11.1. The number of ketones is 1. The molecule has 0 atom stereocenters. The molecule has 0 aliphatic carbocycles. The number of rotatable bonds is 3. The van der Waals surface area contributed by atoms with Crippen LogP contribution in [0.3, 0.4) is 0 Å². The summed E-state index contributed by atoms with van der Waals surface area (Å²) in [5.74, 6) is 0.0676. The highest BCUT2D eigenvalue weighted by atomic mass is 79.9. The molecule has 2 heterocycles. The second kappa shape index (κ2) is 4.89. The Morgan fingerprint density at radius 1 is 1.38 bits per heavy atom. The third kappa shape index (κ3) is 2.77. The minimum absolute atomic E-state index is 0.0676. The van der Waals surface area contributed by atoms with Crippen molar-refractivity contribution < 1.29 is 4.79 Å². The molecule has 0 unspecified atom stereocenters.